The molecule has 2 aliphatic heterocycles. The summed E-state index contributed by atoms with van der Waals surface area (Å²) in [6.07, 6.45) is 9.46. The number of fused-ring (bicyclic) bond motifs is 1. The van der Waals surface area contributed by atoms with E-state index in [1.54, 1.807) is 12.2 Å². The molecule has 4 rings (SSSR count). The maximum atomic E-state index is 12.4. The van der Waals surface area contributed by atoms with Gasteiger partial charge in [-0.15, -0.1) is 0 Å². The highest BCUT2D eigenvalue weighted by atomic mass is 35.5. The molecular weight excluding hydrogens is 386 g/mol. The van der Waals surface area contributed by atoms with Crippen molar-refractivity contribution in [2.24, 2.45) is 5.92 Å². The molecule has 3 heterocycles. The Hall–Kier alpha value is -2.48. The first kappa shape index (κ1) is 18.9. The molecule has 0 radical (unpaired) electrons. The average molecular weight is 404 g/mol. The zero-order chi connectivity index (χ0) is 19.7. The number of ether oxygens (including phenoxy) is 4. The topological polar surface area (TPSA) is 87.2 Å². The number of pyridine rings is 1. The molecular formula is C20H18ClNO6. The van der Waals surface area contributed by atoms with Gasteiger partial charge in [0.15, 0.2) is 12.0 Å². The molecule has 1 aliphatic carbocycles. The fraction of sp³-hybridized carbons (Fsp3) is 0.350. The van der Waals surface area contributed by atoms with Crippen LogP contribution in [-0.4, -0.2) is 35.9 Å². The van der Waals surface area contributed by atoms with Crippen molar-refractivity contribution < 1.29 is 28.5 Å². The highest BCUT2D eigenvalue weighted by molar-refractivity contribution is 6.30. The highest BCUT2D eigenvalue weighted by Crippen LogP contribution is 2.34. The lowest BCUT2D eigenvalue weighted by atomic mass is 9.89. The third-order valence-corrected chi connectivity index (χ3v) is 4.82. The molecule has 1 aromatic rings. The van der Waals surface area contributed by atoms with Crippen LogP contribution in [0.15, 0.2) is 53.6 Å². The van der Waals surface area contributed by atoms with Gasteiger partial charge in [0.2, 0.25) is 0 Å². The van der Waals surface area contributed by atoms with Crippen LogP contribution in [0.4, 0.5) is 0 Å². The number of halogens is 1. The molecule has 1 saturated heterocycles. The van der Waals surface area contributed by atoms with Crippen LogP contribution in [-0.2, 0) is 23.8 Å². The Kier molecular flexibility index (Phi) is 5.30. The minimum atomic E-state index is -0.808. The van der Waals surface area contributed by atoms with E-state index in [0.29, 0.717) is 23.8 Å². The maximum Gasteiger partial charge on any atom is 0.350 e. The summed E-state index contributed by atoms with van der Waals surface area (Å²) in [6.45, 7) is 2.47. The molecule has 0 saturated carbocycles. The molecule has 1 aromatic heterocycles. The minimum absolute atomic E-state index is 0.146. The lowest BCUT2D eigenvalue weighted by Crippen LogP contribution is -2.28. The van der Waals surface area contributed by atoms with Crippen LogP contribution in [0.5, 0.6) is 5.75 Å². The van der Waals surface area contributed by atoms with Gasteiger partial charge < -0.3 is 18.9 Å². The molecule has 28 heavy (non-hydrogen) atoms. The van der Waals surface area contributed by atoms with Crippen molar-refractivity contribution in [3.63, 3.8) is 0 Å². The van der Waals surface area contributed by atoms with Gasteiger partial charge in [0.1, 0.15) is 17.4 Å². The molecule has 0 amide bonds. The van der Waals surface area contributed by atoms with E-state index in [-0.39, 0.29) is 29.6 Å². The largest absolute Gasteiger partial charge is 0.427 e. The molecule has 8 heteroatoms. The summed E-state index contributed by atoms with van der Waals surface area (Å²) in [6, 6.07) is 1.44. The fourth-order valence-electron chi connectivity index (χ4n) is 3.08. The van der Waals surface area contributed by atoms with Crippen molar-refractivity contribution in [3.05, 3.63) is 58.6 Å². The predicted octanol–water partition coefficient (Wildman–Crippen LogP) is 3.11. The average Bonchev–Trinajstić information content (AvgIpc) is 3.44. The van der Waals surface area contributed by atoms with Gasteiger partial charge in [0.05, 0.1) is 17.8 Å². The second-order valence-corrected chi connectivity index (χ2v) is 7.10. The van der Waals surface area contributed by atoms with E-state index in [1.165, 1.54) is 18.5 Å². The van der Waals surface area contributed by atoms with Crippen molar-refractivity contribution >= 4 is 23.5 Å². The van der Waals surface area contributed by atoms with E-state index in [0.717, 1.165) is 12.0 Å². The zero-order valence-electron chi connectivity index (χ0n) is 15.1. The normalized spacial score (nSPS) is 25.7. The van der Waals surface area contributed by atoms with Gasteiger partial charge in [0.25, 0.3) is 0 Å². The van der Waals surface area contributed by atoms with E-state index < -0.39 is 11.9 Å². The SMILES string of the molecule is CCC1OC1OCC1=CC=C2OC(=O)C(C(=O)Oc3cncc(Cl)c3)=CC2C1. The first-order chi connectivity index (χ1) is 13.5. The van der Waals surface area contributed by atoms with Gasteiger partial charge >= 0.3 is 11.9 Å². The number of hydrogen-bond donors (Lipinski definition) is 0. The predicted molar refractivity (Wildman–Crippen MR) is 98.2 cm³/mol. The summed E-state index contributed by atoms with van der Waals surface area (Å²) in [5.74, 6) is -1.13. The molecule has 0 bridgehead atoms. The number of rotatable bonds is 6. The van der Waals surface area contributed by atoms with Crippen molar-refractivity contribution in [2.75, 3.05) is 6.61 Å². The zero-order valence-corrected chi connectivity index (χ0v) is 15.8. The standard InChI is InChI=1S/C20H18ClNO6/c1-2-16-20(28-16)25-10-11-3-4-17-12(5-11)6-15(19(24)27-17)18(23)26-14-7-13(21)8-22-9-14/h3-4,6-9,12,16,20H,2,5,10H2,1H3. The van der Waals surface area contributed by atoms with E-state index >= 15 is 0 Å². The first-order valence-corrected chi connectivity index (χ1v) is 9.34. The molecule has 0 aromatic carbocycles. The number of epoxide rings is 1. The van der Waals surface area contributed by atoms with Crippen molar-refractivity contribution in [3.8, 4) is 5.75 Å². The summed E-state index contributed by atoms with van der Waals surface area (Å²) in [4.78, 5) is 28.4. The number of aromatic nitrogens is 1. The van der Waals surface area contributed by atoms with E-state index in [9.17, 15) is 9.59 Å². The number of esters is 2. The molecule has 3 aliphatic rings. The summed E-state index contributed by atoms with van der Waals surface area (Å²) in [7, 11) is 0. The Bertz CT molecular complexity index is 906. The van der Waals surface area contributed by atoms with Crippen LogP contribution in [0, 0.1) is 5.92 Å². The number of carbonyl (C=O) groups excluding carboxylic acids is 2. The van der Waals surface area contributed by atoms with Crippen LogP contribution in [0.25, 0.3) is 0 Å². The Morgan fingerprint density at radius 2 is 2.21 bits per heavy atom. The van der Waals surface area contributed by atoms with Crippen LogP contribution in [0.3, 0.4) is 0 Å². The van der Waals surface area contributed by atoms with Crippen LogP contribution < -0.4 is 4.74 Å². The number of allylic oxidation sites excluding steroid dienone is 3. The maximum absolute atomic E-state index is 12.4. The van der Waals surface area contributed by atoms with E-state index in [2.05, 4.69) is 4.98 Å². The Morgan fingerprint density at radius 3 is 2.96 bits per heavy atom. The molecule has 3 unspecified atom stereocenters. The molecule has 1 fully saturated rings. The molecule has 7 nitrogen and oxygen atoms in total. The Balaban J connectivity index is 1.42. The monoisotopic (exact) mass is 403 g/mol. The second-order valence-electron chi connectivity index (χ2n) is 6.66. The quantitative estimate of drug-likeness (QED) is 0.409. The summed E-state index contributed by atoms with van der Waals surface area (Å²) >= 11 is 5.83. The molecule has 0 spiro atoms. The Labute approximate surface area is 166 Å². The summed E-state index contributed by atoms with van der Waals surface area (Å²) in [5.41, 5.74) is 0.876. The first-order valence-electron chi connectivity index (χ1n) is 8.97. The smallest absolute Gasteiger partial charge is 0.350 e. The van der Waals surface area contributed by atoms with Crippen molar-refractivity contribution in [1.82, 2.24) is 4.98 Å². The molecule has 3 atom stereocenters. The van der Waals surface area contributed by atoms with Gasteiger partial charge in [0, 0.05) is 18.2 Å². The fourth-order valence-corrected chi connectivity index (χ4v) is 3.24. The van der Waals surface area contributed by atoms with Crippen molar-refractivity contribution in [2.45, 2.75) is 32.2 Å². The van der Waals surface area contributed by atoms with Crippen LogP contribution in [0.1, 0.15) is 19.8 Å². The third kappa shape index (κ3) is 4.16. The summed E-state index contributed by atoms with van der Waals surface area (Å²) < 4.78 is 21.6. The lowest BCUT2D eigenvalue weighted by Gasteiger charge is -2.26. The number of hydrogen-bond acceptors (Lipinski definition) is 7. The number of nitrogens with zero attached hydrogens (tertiary/aromatic N) is 1. The van der Waals surface area contributed by atoms with Gasteiger partial charge in [-0.3, -0.25) is 4.98 Å². The van der Waals surface area contributed by atoms with E-state index in [4.69, 9.17) is 30.5 Å². The third-order valence-electron chi connectivity index (χ3n) is 4.61. The number of carbonyl (C=O) groups is 2. The van der Waals surface area contributed by atoms with E-state index in [1.807, 2.05) is 13.0 Å². The molecule has 0 N–H and O–H groups in total. The van der Waals surface area contributed by atoms with Gasteiger partial charge in [-0.2, -0.15) is 0 Å². The van der Waals surface area contributed by atoms with Gasteiger partial charge in [-0.05, 0) is 24.5 Å². The second kappa shape index (κ2) is 7.87. The van der Waals surface area contributed by atoms with Crippen LogP contribution >= 0.6 is 11.6 Å². The highest BCUT2D eigenvalue weighted by Gasteiger charge is 2.39. The van der Waals surface area contributed by atoms with Crippen LogP contribution in [0.2, 0.25) is 5.02 Å². The van der Waals surface area contributed by atoms with Gasteiger partial charge in [-0.1, -0.05) is 30.7 Å². The van der Waals surface area contributed by atoms with Crippen molar-refractivity contribution in [1.29, 1.82) is 0 Å². The summed E-state index contributed by atoms with van der Waals surface area (Å²) in [5, 5.41) is 0.322. The lowest BCUT2D eigenvalue weighted by molar-refractivity contribution is -0.141. The minimum Gasteiger partial charge on any atom is -0.427 e. The molecule has 146 valence electrons. The Morgan fingerprint density at radius 1 is 1.36 bits per heavy atom. The van der Waals surface area contributed by atoms with Gasteiger partial charge in [-0.25, -0.2) is 9.59 Å².